The minimum absolute atomic E-state index is 0.110. The number of likely N-dealkylation sites (N-methyl/N-ethyl adjacent to an activating group) is 1. The molecule has 4 nitrogen and oxygen atoms in total. The summed E-state index contributed by atoms with van der Waals surface area (Å²) in [5, 5.41) is 3.32. The van der Waals surface area contributed by atoms with Crippen molar-refractivity contribution in [1.29, 1.82) is 0 Å². The molecule has 0 aromatic carbocycles. The van der Waals surface area contributed by atoms with Crippen molar-refractivity contribution < 1.29 is 9.53 Å². The van der Waals surface area contributed by atoms with E-state index < -0.39 is 0 Å². The lowest BCUT2D eigenvalue weighted by molar-refractivity contribution is -0.131. The molecular weight excluding hydrogens is 192 g/mol. The van der Waals surface area contributed by atoms with Crippen LogP contribution in [-0.4, -0.2) is 49.7 Å². The Morgan fingerprint density at radius 2 is 2.40 bits per heavy atom. The average molecular weight is 214 g/mol. The molecule has 0 spiro atoms. The quantitative estimate of drug-likeness (QED) is 0.746. The fourth-order valence-electron chi connectivity index (χ4n) is 1.78. The SMILES string of the molecule is CCN(C)C(=O)C(C)NC1CCCOC1. The molecule has 0 aromatic rings. The van der Waals surface area contributed by atoms with E-state index in [1.807, 2.05) is 20.9 Å². The van der Waals surface area contributed by atoms with Gasteiger partial charge in [-0.05, 0) is 26.7 Å². The predicted molar refractivity (Wildman–Crippen MR) is 59.7 cm³/mol. The van der Waals surface area contributed by atoms with Crippen LogP contribution in [-0.2, 0) is 9.53 Å². The molecule has 1 fully saturated rings. The highest BCUT2D eigenvalue weighted by atomic mass is 16.5. The monoisotopic (exact) mass is 214 g/mol. The Bertz CT molecular complexity index is 203. The molecule has 1 heterocycles. The molecule has 15 heavy (non-hydrogen) atoms. The second-order valence-corrected chi connectivity index (χ2v) is 4.15. The maximum absolute atomic E-state index is 11.8. The molecular formula is C11H22N2O2. The number of rotatable bonds is 4. The lowest BCUT2D eigenvalue weighted by Crippen LogP contribution is -2.49. The van der Waals surface area contributed by atoms with Gasteiger partial charge in [-0.2, -0.15) is 0 Å². The van der Waals surface area contributed by atoms with E-state index in [1.54, 1.807) is 4.90 Å². The normalized spacial score (nSPS) is 23.5. The van der Waals surface area contributed by atoms with Crippen LogP contribution in [0.5, 0.6) is 0 Å². The van der Waals surface area contributed by atoms with Crippen molar-refractivity contribution in [2.45, 2.75) is 38.8 Å². The van der Waals surface area contributed by atoms with Crippen LogP contribution >= 0.6 is 0 Å². The molecule has 0 aliphatic carbocycles. The van der Waals surface area contributed by atoms with Crippen LogP contribution in [0.15, 0.2) is 0 Å². The Balaban J connectivity index is 2.33. The zero-order valence-electron chi connectivity index (χ0n) is 9.95. The van der Waals surface area contributed by atoms with Crippen molar-refractivity contribution in [2.75, 3.05) is 26.8 Å². The number of carbonyl (C=O) groups excluding carboxylic acids is 1. The third-order valence-electron chi connectivity index (χ3n) is 2.87. The number of nitrogens with zero attached hydrogens (tertiary/aromatic N) is 1. The first-order valence-electron chi connectivity index (χ1n) is 5.74. The third-order valence-corrected chi connectivity index (χ3v) is 2.87. The summed E-state index contributed by atoms with van der Waals surface area (Å²) >= 11 is 0. The van der Waals surface area contributed by atoms with Gasteiger partial charge in [0.15, 0.2) is 0 Å². The topological polar surface area (TPSA) is 41.6 Å². The minimum atomic E-state index is -0.110. The third kappa shape index (κ3) is 3.80. The minimum Gasteiger partial charge on any atom is -0.380 e. The summed E-state index contributed by atoms with van der Waals surface area (Å²) < 4.78 is 5.36. The molecule has 1 aliphatic heterocycles. The molecule has 88 valence electrons. The maximum atomic E-state index is 11.8. The highest BCUT2D eigenvalue weighted by Crippen LogP contribution is 2.07. The summed E-state index contributed by atoms with van der Waals surface area (Å²) in [4.78, 5) is 13.5. The van der Waals surface area contributed by atoms with Crippen LogP contribution in [0.3, 0.4) is 0 Å². The van der Waals surface area contributed by atoms with Gasteiger partial charge >= 0.3 is 0 Å². The molecule has 2 atom stereocenters. The van der Waals surface area contributed by atoms with Crippen molar-refractivity contribution in [2.24, 2.45) is 0 Å². The van der Waals surface area contributed by atoms with Crippen molar-refractivity contribution in [1.82, 2.24) is 10.2 Å². The van der Waals surface area contributed by atoms with E-state index in [1.165, 1.54) is 0 Å². The zero-order chi connectivity index (χ0) is 11.3. The van der Waals surface area contributed by atoms with Gasteiger partial charge in [-0.3, -0.25) is 4.79 Å². The molecule has 0 radical (unpaired) electrons. The highest BCUT2D eigenvalue weighted by molar-refractivity contribution is 5.81. The predicted octanol–water partition coefficient (Wildman–Crippen LogP) is 0.622. The van der Waals surface area contributed by atoms with Gasteiger partial charge in [-0.15, -0.1) is 0 Å². The van der Waals surface area contributed by atoms with E-state index in [0.717, 1.165) is 32.6 Å². The van der Waals surface area contributed by atoms with E-state index in [4.69, 9.17) is 4.74 Å². The Labute approximate surface area is 92.0 Å². The Morgan fingerprint density at radius 1 is 1.67 bits per heavy atom. The Hall–Kier alpha value is -0.610. The van der Waals surface area contributed by atoms with Crippen LogP contribution in [0.1, 0.15) is 26.7 Å². The van der Waals surface area contributed by atoms with Crippen LogP contribution in [0.4, 0.5) is 0 Å². The molecule has 1 N–H and O–H groups in total. The van der Waals surface area contributed by atoms with E-state index >= 15 is 0 Å². The van der Waals surface area contributed by atoms with E-state index in [2.05, 4.69) is 5.32 Å². The number of nitrogens with one attached hydrogen (secondary N) is 1. The number of hydrogen-bond donors (Lipinski definition) is 1. The van der Waals surface area contributed by atoms with Gasteiger partial charge in [0.2, 0.25) is 5.91 Å². The van der Waals surface area contributed by atoms with Crippen LogP contribution in [0, 0.1) is 0 Å². The molecule has 1 amide bonds. The molecule has 2 unspecified atom stereocenters. The highest BCUT2D eigenvalue weighted by Gasteiger charge is 2.21. The van der Waals surface area contributed by atoms with E-state index in [0.29, 0.717) is 6.04 Å². The largest absolute Gasteiger partial charge is 0.380 e. The van der Waals surface area contributed by atoms with Gasteiger partial charge in [0.25, 0.3) is 0 Å². The summed E-state index contributed by atoms with van der Waals surface area (Å²) in [5.41, 5.74) is 0. The fourth-order valence-corrected chi connectivity index (χ4v) is 1.78. The maximum Gasteiger partial charge on any atom is 0.239 e. The zero-order valence-corrected chi connectivity index (χ0v) is 9.95. The fraction of sp³-hybridized carbons (Fsp3) is 0.909. The number of carbonyl (C=O) groups is 1. The first kappa shape index (κ1) is 12.5. The first-order valence-corrected chi connectivity index (χ1v) is 5.74. The molecule has 0 saturated carbocycles. The van der Waals surface area contributed by atoms with Crippen molar-refractivity contribution in [3.05, 3.63) is 0 Å². The summed E-state index contributed by atoms with van der Waals surface area (Å²) in [5.74, 6) is 0.156. The van der Waals surface area contributed by atoms with Gasteiger partial charge in [0, 0.05) is 26.2 Å². The van der Waals surface area contributed by atoms with Crippen LogP contribution in [0.2, 0.25) is 0 Å². The second-order valence-electron chi connectivity index (χ2n) is 4.15. The molecule has 0 bridgehead atoms. The molecule has 4 heteroatoms. The molecule has 1 rings (SSSR count). The van der Waals surface area contributed by atoms with Gasteiger partial charge in [-0.1, -0.05) is 0 Å². The van der Waals surface area contributed by atoms with Crippen molar-refractivity contribution in [3.8, 4) is 0 Å². The smallest absolute Gasteiger partial charge is 0.239 e. The summed E-state index contributed by atoms with van der Waals surface area (Å²) in [6.45, 7) is 6.24. The summed E-state index contributed by atoms with van der Waals surface area (Å²) in [6.07, 6.45) is 2.19. The molecule has 0 aromatic heterocycles. The summed E-state index contributed by atoms with van der Waals surface area (Å²) in [7, 11) is 1.83. The van der Waals surface area contributed by atoms with Crippen LogP contribution < -0.4 is 5.32 Å². The van der Waals surface area contributed by atoms with Gasteiger partial charge < -0.3 is 15.0 Å². The van der Waals surface area contributed by atoms with Gasteiger partial charge in [0.05, 0.1) is 12.6 Å². The number of amides is 1. The summed E-state index contributed by atoms with van der Waals surface area (Å²) in [6, 6.07) is 0.226. The lowest BCUT2D eigenvalue weighted by atomic mass is 10.1. The van der Waals surface area contributed by atoms with Crippen molar-refractivity contribution in [3.63, 3.8) is 0 Å². The Morgan fingerprint density at radius 3 is 2.93 bits per heavy atom. The standard InChI is InChI=1S/C11H22N2O2/c1-4-13(3)11(14)9(2)12-10-6-5-7-15-8-10/h9-10,12H,4-8H2,1-3H3. The number of ether oxygens (including phenoxy) is 1. The molecule has 1 aliphatic rings. The Kier molecular flexibility index (Phi) is 5.05. The second kappa shape index (κ2) is 6.08. The number of hydrogen-bond acceptors (Lipinski definition) is 3. The first-order chi connectivity index (χ1) is 7.15. The van der Waals surface area contributed by atoms with E-state index in [-0.39, 0.29) is 11.9 Å². The van der Waals surface area contributed by atoms with Gasteiger partial charge in [0.1, 0.15) is 0 Å². The lowest BCUT2D eigenvalue weighted by Gasteiger charge is -2.28. The van der Waals surface area contributed by atoms with Gasteiger partial charge in [-0.25, -0.2) is 0 Å². The molecule has 1 saturated heterocycles. The average Bonchev–Trinajstić information content (AvgIpc) is 2.28. The van der Waals surface area contributed by atoms with Crippen LogP contribution in [0.25, 0.3) is 0 Å². The van der Waals surface area contributed by atoms with Crippen molar-refractivity contribution >= 4 is 5.91 Å². The van der Waals surface area contributed by atoms with E-state index in [9.17, 15) is 4.79 Å².